The van der Waals surface area contributed by atoms with Crippen molar-refractivity contribution < 1.29 is 9.59 Å². The van der Waals surface area contributed by atoms with E-state index in [1.54, 1.807) is 6.33 Å². The van der Waals surface area contributed by atoms with Gasteiger partial charge in [-0.25, -0.2) is 4.98 Å². The van der Waals surface area contributed by atoms with E-state index in [0.717, 1.165) is 35.0 Å². The Morgan fingerprint density at radius 2 is 2.18 bits per heavy atom. The van der Waals surface area contributed by atoms with Gasteiger partial charge in [-0.05, 0) is 44.2 Å². The zero-order valence-corrected chi connectivity index (χ0v) is 17.2. The fraction of sp³-hybridized carbons (Fsp3) is 0.571. The third-order valence-electron chi connectivity index (χ3n) is 6.58. The van der Waals surface area contributed by atoms with Gasteiger partial charge in [0.05, 0.1) is 22.3 Å². The van der Waals surface area contributed by atoms with Crippen LogP contribution < -0.4 is 0 Å². The van der Waals surface area contributed by atoms with E-state index in [4.69, 9.17) is 0 Å². The molecule has 28 heavy (non-hydrogen) atoms. The number of carbonyl (C=O) groups excluding carboxylic acids is 2. The molecule has 148 valence electrons. The number of amides is 2. The number of hydrogen-bond donors (Lipinski definition) is 0. The molecule has 3 aliphatic rings. The molecule has 1 aliphatic carbocycles. The summed E-state index contributed by atoms with van der Waals surface area (Å²) in [6.45, 7) is 4.77. The molecular weight excluding hydrogens is 372 g/mol. The van der Waals surface area contributed by atoms with Crippen molar-refractivity contribution in [3.05, 3.63) is 40.1 Å². The maximum atomic E-state index is 13.5. The van der Waals surface area contributed by atoms with Gasteiger partial charge >= 0.3 is 0 Å². The topological polar surface area (TPSA) is 58.4 Å². The predicted octanol–water partition coefficient (Wildman–Crippen LogP) is 2.66. The van der Waals surface area contributed by atoms with Crippen LogP contribution in [0.25, 0.3) is 0 Å². The minimum absolute atomic E-state index is 0.0320. The molecule has 0 unspecified atom stereocenters. The number of aromatic nitrogens is 2. The van der Waals surface area contributed by atoms with Crippen LogP contribution in [0.4, 0.5) is 0 Å². The van der Waals surface area contributed by atoms with Crippen LogP contribution in [0.2, 0.25) is 0 Å². The summed E-state index contributed by atoms with van der Waals surface area (Å²) < 4.78 is 1.93. The van der Waals surface area contributed by atoms with Gasteiger partial charge in [0.15, 0.2) is 0 Å². The van der Waals surface area contributed by atoms with Crippen molar-refractivity contribution in [3.63, 3.8) is 0 Å². The second-order valence-electron chi connectivity index (χ2n) is 8.71. The highest BCUT2D eigenvalue weighted by Gasteiger charge is 2.59. The van der Waals surface area contributed by atoms with E-state index in [0.29, 0.717) is 19.0 Å². The van der Waals surface area contributed by atoms with E-state index in [-0.39, 0.29) is 17.7 Å². The summed E-state index contributed by atoms with van der Waals surface area (Å²) in [6, 6.07) is 3.89. The Bertz CT molecular complexity index is 930. The standard InChI is InChI=1S/C21H26N4O2S/c1-14-3-6-18(28-14)19(26)25-10-16(17-11-23(2)13-22-17)21(12-25)7-8-24(20(21)27)9-15-4-5-15/h3,6,11,13,15-16H,4-5,7-10,12H2,1-2H3/t16-,21+/m1/s1. The van der Waals surface area contributed by atoms with E-state index in [9.17, 15) is 9.59 Å². The van der Waals surface area contributed by atoms with Gasteiger partial charge in [0.25, 0.3) is 5.91 Å². The summed E-state index contributed by atoms with van der Waals surface area (Å²) in [4.78, 5) is 37.1. The molecule has 2 aromatic heterocycles. The van der Waals surface area contributed by atoms with Gasteiger partial charge in [0.2, 0.25) is 5.91 Å². The number of thiophene rings is 1. The average molecular weight is 399 g/mol. The van der Waals surface area contributed by atoms with Crippen molar-refractivity contribution in [2.24, 2.45) is 18.4 Å². The van der Waals surface area contributed by atoms with Crippen LogP contribution in [-0.2, 0) is 11.8 Å². The SMILES string of the molecule is Cc1ccc(C(=O)N2C[C@H](c3cn(C)cn3)[C@]3(CCN(CC4CC4)C3=O)C2)s1. The smallest absolute Gasteiger partial charge is 0.263 e. The maximum absolute atomic E-state index is 13.5. The summed E-state index contributed by atoms with van der Waals surface area (Å²) in [6.07, 6.45) is 7.09. The molecular formula is C21H26N4O2S. The third-order valence-corrected chi connectivity index (χ3v) is 7.57. The molecule has 0 radical (unpaired) electrons. The molecule has 1 spiro atoms. The summed E-state index contributed by atoms with van der Waals surface area (Å²) in [5.41, 5.74) is 0.410. The first-order valence-electron chi connectivity index (χ1n) is 10.1. The number of imidazole rings is 1. The summed E-state index contributed by atoms with van der Waals surface area (Å²) in [5, 5.41) is 0. The number of carbonyl (C=O) groups is 2. The molecule has 0 aromatic carbocycles. The van der Waals surface area contributed by atoms with Crippen molar-refractivity contribution in [2.75, 3.05) is 26.2 Å². The zero-order valence-electron chi connectivity index (χ0n) is 16.4. The van der Waals surface area contributed by atoms with E-state index in [1.807, 2.05) is 41.8 Å². The van der Waals surface area contributed by atoms with Crippen LogP contribution >= 0.6 is 11.3 Å². The molecule has 4 heterocycles. The molecule has 2 aromatic rings. The first-order valence-corrected chi connectivity index (χ1v) is 10.9. The molecule has 3 fully saturated rings. The van der Waals surface area contributed by atoms with Gasteiger partial charge < -0.3 is 14.4 Å². The Kier molecular flexibility index (Phi) is 4.12. The molecule has 2 aliphatic heterocycles. The van der Waals surface area contributed by atoms with Gasteiger partial charge in [0, 0.05) is 50.2 Å². The third kappa shape index (κ3) is 2.87. The van der Waals surface area contributed by atoms with E-state index in [1.165, 1.54) is 24.2 Å². The Balaban J connectivity index is 1.46. The molecule has 1 saturated carbocycles. The van der Waals surface area contributed by atoms with Crippen LogP contribution in [0, 0.1) is 18.3 Å². The lowest BCUT2D eigenvalue weighted by atomic mass is 9.75. The number of nitrogens with zero attached hydrogens (tertiary/aromatic N) is 4. The Morgan fingerprint density at radius 3 is 2.82 bits per heavy atom. The monoisotopic (exact) mass is 398 g/mol. The first kappa shape index (κ1) is 17.9. The number of rotatable bonds is 4. The fourth-order valence-corrected chi connectivity index (χ4v) is 5.71. The Hall–Kier alpha value is -2.15. The minimum atomic E-state index is -0.523. The van der Waals surface area contributed by atoms with Crippen molar-refractivity contribution in [1.29, 1.82) is 0 Å². The van der Waals surface area contributed by atoms with Gasteiger partial charge in [-0.1, -0.05) is 0 Å². The molecule has 2 amide bonds. The predicted molar refractivity (Wildman–Crippen MR) is 107 cm³/mol. The lowest BCUT2D eigenvalue weighted by Gasteiger charge is -2.27. The largest absolute Gasteiger partial charge is 0.342 e. The van der Waals surface area contributed by atoms with Gasteiger partial charge in [-0.3, -0.25) is 9.59 Å². The fourth-order valence-electron chi connectivity index (χ4n) is 4.87. The summed E-state index contributed by atoms with van der Waals surface area (Å²) >= 11 is 1.53. The average Bonchev–Trinajstić information content (AvgIpc) is 3.01. The van der Waals surface area contributed by atoms with Crippen molar-refractivity contribution in [1.82, 2.24) is 19.4 Å². The van der Waals surface area contributed by atoms with E-state index < -0.39 is 5.41 Å². The van der Waals surface area contributed by atoms with E-state index >= 15 is 0 Å². The highest BCUT2D eigenvalue weighted by molar-refractivity contribution is 7.13. The summed E-state index contributed by atoms with van der Waals surface area (Å²) in [7, 11) is 1.95. The van der Waals surface area contributed by atoms with Crippen LogP contribution in [0.5, 0.6) is 0 Å². The highest BCUT2D eigenvalue weighted by atomic mass is 32.1. The van der Waals surface area contributed by atoms with Crippen LogP contribution in [0.3, 0.4) is 0 Å². The molecule has 2 atom stereocenters. The van der Waals surface area contributed by atoms with Crippen LogP contribution in [0.1, 0.15) is 45.4 Å². The lowest BCUT2D eigenvalue weighted by Crippen LogP contribution is -2.41. The molecule has 2 saturated heterocycles. The van der Waals surface area contributed by atoms with Gasteiger partial charge in [-0.2, -0.15) is 0 Å². The normalized spacial score (nSPS) is 27.4. The van der Waals surface area contributed by atoms with E-state index in [2.05, 4.69) is 9.88 Å². The number of likely N-dealkylation sites (tertiary alicyclic amines) is 2. The zero-order chi connectivity index (χ0) is 19.5. The molecule has 7 heteroatoms. The van der Waals surface area contributed by atoms with Crippen LogP contribution in [0.15, 0.2) is 24.7 Å². The Morgan fingerprint density at radius 1 is 1.36 bits per heavy atom. The lowest BCUT2D eigenvalue weighted by molar-refractivity contribution is -0.136. The Labute approximate surface area is 169 Å². The maximum Gasteiger partial charge on any atom is 0.263 e. The molecule has 5 rings (SSSR count). The second kappa shape index (κ2) is 6.44. The van der Waals surface area contributed by atoms with Gasteiger partial charge in [-0.15, -0.1) is 11.3 Å². The highest BCUT2D eigenvalue weighted by Crippen LogP contribution is 2.50. The molecule has 0 N–H and O–H groups in total. The van der Waals surface area contributed by atoms with Crippen LogP contribution in [-0.4, -0.2) is 57.3 Å². The summed E-state index contributed by atoms with van der Waals surface area (Å²) in [5.74, 6) is 0.924. The van der Waals surface area contributed by atoms with Gasteiger partial charge in [0.1, 0.15) is 0 Å². The number of aryl methyl sites for hydroxylation is 2. The number of hydrogen-bond acceptors (Lipinski definition) is 4. The van der Waals surface area contributed by atoms with Crippen molar-refractivity contribution >= 4 is 23.2 Å². The molecule has 0 bridgehead atoms. The van der Waals surface area contributed by atoms with Crippen molar-refractivity contribution in [3.8, 4) is 0 Å². The minimum Gasteiger partial charge on any atom is -0.342 e. The molecule has 6 nitrogen and oxygen atoms in total. The second-order valence-corrected chi connectivity index (χ2v) is 10.0. The first-order chi connectivity index (χ1) is 13.5. The van der Waals surface area contributed by atoms with Crippen molar-refractivity contribution in [2.45, 2.75) is 32.1 Å². The quantitative estimate of drug-likeness (QED) is 0.796.